The van der Waals surface area contributed by atoms with Gasteiger partial charge in [0.2, 0.25) is 5.67 Å². The molecule has 1 aliphatic rings. The highest BCUT2D eigenvalue weighted by molar-refractivity contribution is 7.17. The molecule has 20 heavy (non-hydrogen) atoms. The van der Waals surface area contributed by atoms with Crippen molar-refractivity contribution >= 4 is 27.3 Å². The molecule has 1 atom stereocenters. The molecule has 0 unspecified atom stereocenters. The van der Waals surface area contributed by atoms with Gasteiger partial charge in [0.25, 0.3) is 5.91 Å². The van der Waals surface area contributed by atoms with E-state index in [9.17, 15) is 9.18 Å². The Morgan fingerprint density at radius 3 is 3.10 bits per heavy atom. The van der Waals surface area contributed by atoms with E-state index < -0.39 is 11.6 Å². The number of carbonyl (C=O) groups excluding carboxylic acids is 1. The molecular formula is C15H17FN2OS. The maximum atomic E-state index is 14.2. The molecule has 2 N–H and O–H groups in total. The van der Waals surface area contributed by atoms with Crippen LogP contribution in [0.3, 0.4) is 0 Å². The fourth-order valence-electron chi connectivity index (χ4n) is 2.55. The van der Waals surface area contributed by atoms with Crippen LogP contribution < -0.4 is 10.6 Å². The standard InChI is InChI=1S/C15H17FN2OS/c16-15(6-8-17-10-15)14(19)18-7-5-11-9-20-13-4-2-1-3-12(11)13/h1-4,9,17H,5-8,10H2,(H,18,19)/t15-/m0/s1. The number of halogens is 1. The number of thiophene rings is 1. The molecule has 0 radical (unpaired) electrons. The maximum Gasteiger partial charge on any atom is 0.259 e. The summed E-state index contributed by atoms with van der Waals surface area (Å²) in [6, 6.07) is 8.20. The zero-order chi connectivity index (χ0) is 14.0. The van der Waals surface area contributed by atoms with Crippen LogP contribution >= 0.6 is 11.3 Å². The van der Waals surface area contributed by atoms with Crippen LogP contribution in [0.1, 0.15) is 12.0 Å². The van der Waals surface area contributed by atoms with E-state index in [0.717, 1.165) is 6.42 Å². The van der Waals surface area contributed by atoms with Crippen LogP contribution in [0.5, 0.6) is 0 Å². The molecule has 0 aliphatic carbocycles. The molecule has 5 heteroatoms. The molecule has 1 aliphatic heterocycles. The number of carbonyl (C=O) groups is 1. The molecule has 2 aromatic rings. The normalized spacial score (nSPS) is 22.2. The Balaban J connectivity index is 1.59. The smallest absolute Gasteiger partial charge is 0.259 e. The van der Waals surface area contributed by atoms with E-state index in [-0.39, 0.29) is 13.0 Å². The molecule has 106 valence electrons. The zero-order valence-corrected chi connectivity index (χ0v) is 11.9. The summed E-state index contributed by atoms with van der Waals surface area (Å²) in [7, 11) is 0. The van der Waals surface area contributed by atoms with E-state index in [1.807, 2.05) is 12.1 Å². The fourth-order valence-corrected chi connectivity index (χ4v) is 3.55. The summed E-state index contributed by atoms with van der Waals surface area (Å²) in [5, 5.41) is 8.94. The third-order valence-corrected chi connectivity index (χ3v) is 4.76. The van der Waals surface area contributed by atoms with Crippen molar-refractivity contribution in [2.24, 2.45) is 0 Å². The van der Waals surface area contributed by atoms with E-state index in [2.05, 4.69) is 28.1 Å². The molecule has 1 saturated heterocycles. The Bertz CT molecular complexity index is 619. The Morgan fingerprint density at radius 2 is 2.30 bits per heavy atom. The molecular weight excluding hydrogens is 275 g/mol. The van der Waals surface area contributed by atoms with Crippen LogP contribution in [0, 0.1) is 0 Å². The first-order valence-electron chi connectivity index (χ1n) is 6.82. The first-order chi connectivity index (χ1) is 9.69. The first-order valence-corrected chi connectivity index (χ1v) is 7.70. The van der Waals surface area contributed by atoms with Gasteiger partial charge in [0, 0.05) is 24.2 Å². The van der Waals surface area contributed by atoms with Gasteiger partial charge in [-0.25, -0.2) is 4.39 Å². The van der Waals surface area contributed by atoms with Crippen molar-refractivity contribution in [2.45, 2.75) is 18.5 Å². The van der Waals surface area contributed by atoms with Crippen molar-refractivity contribution in [3.8, 4) is 0 Å². The summed E-state index contributed by atoms with van der Waals surface area (Å²) in [6.45, 7) is 1.17. The minimum Gasteiger partial charge on any atom is -0.353 e. The van der Waals surface area contributed by atoms with Gasteiger partial charge in [-0.3, -0.25) is 4.79 Å². The lowest BCUT2D eigenvalue weighted by Crippen LogP contribution is -2.45. The van der Waals surface area contributed by atoms with Gasteiger partial charge in [0.15, 0.2) is 0 Å². The SMILES string of the molecule is O=C(NCCc1csc2ccccc12)[C@]1(F)CCNC1. The van der Waals surface area contributed by atoms with Crippen LogP contribution in [0.15, 0.2) is 29.6 Å². The van der Waals surface area contributed by atoms with Gasteiger partial charge >= 0.3 is 0 Å². The van der Waals surface area contributed by atoms with E-state index >= 15 is 0 Å². The van der Waals surface area contributed by atoms with Gasteiger partial charge in [-0.15, -0.1) is 11.3 Å². The average Bonchev–Trinajstić information content (AvgIpc) is 3.07. The molecule has 0 saturated carbocycles. The summed E-state index contributed by atoms with van der Waals surface area (Å²) in [5.74, 6) is -0.484. The van der Waals surface area contributed by atoms with Gasteiger partial charge in [-0.2, -0.15) is 0 Å². The fraction of sp³-hybridized carbons (Fsp3) is 0.400. The number of hydrogen-bond acceptors (Lipinski definition) is 3. The van der Waals surface area contributed by atoms with Crippen molar-refractivity contribution in [1.29, 1.82) is 0 Å². The molecule has 1 aromatic heterocycles. The molecule has 1 fully saturated rings. The van der Waals surface area contributed by atoms with Crippen molar-refractivity contribution in [3.05, 3.63) is 35.2 Å². The Hall–Kier alpha value is -1.46. The Labute approximate surface area is 121 Å². The van der Waals surface area contributed by atoms with Crippen LogP contribution in [-0.2, 0) is 11.2 Å². The van der Waals surface area contributed by atoms with Gasteiger partial charge in [-0.05, 0) is 35.4 Å². The van der Waals surface area contributed by atoms with Gasteiger partial charge in [0.05, 0.1) is 0 Å². The Morgan fingerprint density at radius 1 is 1.45 bits per heavy atom. The lowest BCUT2D eigenvalue weighted by molar-refractivity contribution is -0.131. The second-order valence-corrected chi connectivity index (χ2v) is 6.07. The summed E-state index contributed by atoms with van der Waals surface area (Å²) in [4.78, 5) is 11.8. The third kappa shape index (κ3) is 2.55. The molecule has 2 heterocycles. The highest BCUT2D eigenvalue weighted by Gasteiger charge is 2.41. The second-order valence-electron chi connectivity index (χ2n) is 5.16. The van der Waals surface area contributed by atoms with Gasteiger partial charge < -0.3 is 10.6 Å². The Kier molecular flexibility index (Phi) is 3.72. The minimum atomic E-state index is -1.73. The monoisotopic (exact) mass is 292 g/mol. The van der Waals surface area contributed by atoms with Gasteiger partial charge in [0.1, 0.15) is 0 Å². The molecule has 3 rings (SSSR count). The highest BCUT2D eigenvalue weighted by atomic mass is 32.1. The first kappa shape index (κ1) is 13.5. The number of nitrogens with one attached hydrogen (secondary N) is 2. The number of alkyl halides is 1. The number of hydrogen-bond donors (Lipinski definition) is 2. The van der Waals surface area contributed by atoms with Crippen LogP contribution in [0.4, 0.5) is 4.39 Å². The number of amides is 1. The third-order valence-electron chi connectivity index (χ3n) is 3.75. The average molecular weight is 292 g/mol. The minimum absolute atomic E-state index is 0.125. The molecule has 0 spiro atoms. The van der Waals surface area contributed by atoms with Crippen LogP contribution in [0.2, 0.25) is 0 Å². The predicted octanol–water partition coefficient (Wildman–Crippen LogP) is 2.26. The van der Waals surface area contributed by atoms with Crippen LogP contribution in [-0.4, -0.2) is 31.2 Å². The number of rotatable bonds is 4. The second kappa shape index (κ2) is 5.50. The van der Waals surface area contributed by atoms with E-state index in [1.165, 1.54) is 15.6 Å². The predicted molar refractivity (Wildman–Crippen MR) is 79.9 cm³/mol. The quantitative estimate of drug-likeness (QED) is 0.907. The van der Waals surface area contributed by atoms with E-state index in [4.69, 9.17) is 0 Å². The lowest BCUT2D eigenvalue weighted by Gasteiger charge is -2.17. The van der Waals surface area contributed by atoms with E-state index in [0.29, 0.717) is 13.1 Å². The maximum absolute atomic E-state index is 14.2. The van der Waals surface area contributed by atoms with Crippen molar-refractivity contribution in [2.75, 3.05) is 19.6 Å². The topological polar surface area (TPSA) is 41.1 Å². The summed E-state index contributed by atoms with van der Waals surface area (Å²) < 4.78 is 15.4. The summed E-state index contributed by atoms with van der Waals surface area (Å²) >= 11 is 1.70. The lowest BCUT2D eigenvalue weighted by atomic mass is 10.0. The zero-order valence-electron chi connectivity index (χ0n) is 11.1. The molecule has 0 bridgehead atoms. The number of fused-ring (bicyclic) bond motifs is 1. The summed E-state index contributed by atoms with van der Waals surface area (Å²) in [6.07, 6.45) is 0.999. The van der Waals surface area contributed by atoms with Gasteiger partial charge in [-0.1, -0.05) is 18.2 Å². The molecule has 3 nitrogen and oxygen atoms in total. The largest absolute Gasteiger partial charge is 0.353 e. The van der Waals surface area contributed by atoms with Crippen LogP contribution in [0.25, 0.3) is 10.1 Å². The highest BCUT2D eigenvalue weighted by Crippen LogP contribution is 2.26. The summed E-state index contributed by atoms with van der Waals surface area (Å²) in [5.41, 5.74) is -0.514. The van der Waals surface area contributed by atoms with E-state index in [1.54, 1.807) is 11.3 Å². The van der Waals surface area contributed by atoms with Crippen molar-refractivity contribution < 1.29 is 9.18 Å². The number of benzene rings is 1. The molecule has 1 aromatic carbocycles. The van der Waals surface area contributed by atoms with Crippen molar-refractivity contribution in [1.82, 2.24) is 10.6 Å². The van der Waals surface area contributed by atoms with Crippen molar-refractivity contribution in [3.63, 3.8) is 0 Å². The molecule has 1 amide bonds.